The first kappa shape index (κ1) is 11.9. The van der Waals surface area contributed by atoms with E-state index in [1.54, 1.807) is 18.2 Å². The van der Waals surface area contributed by atoms with Gasteiger partial charge in [-0.2, -0.15) is 0 Å². The number of anilines is 2. The van der Waals surface area contributed by atoms with Gasteiger partial charge in [-0.05, 0) is 18.2 Å². The summed E-state index contributed by atoms with van der Waals surface area (Å²) in [7, 11) is 0. The molecule has 0 aliphatic carbocycles. The highest BCUT2D eigenvalue weighted by Crippen LogP contribution is 2.23. The zero-order valence-corrected chi connectivity index (χ0v) is 8.81. The van der Waals surface area contributed by atoms with Crippen molar-refractivity contribution in [1.82, 2.24) is 0 Å². The van der Waals surface area contributed by atoms with Crippen LogP contribution in [0.2, 0.25) is 0 Å². The van der Waals surface area contributed by atoms with E-state index in [0.717, 1.165) is 6.08 Å². The monoisotopic (exact) mass is 222 g/mol. The van der Waals surface area contributed by atoms with Crippen LogP contribution in [0, 0.1) is 0 Å². The molecule has 16 heavy (non-hydrogen) atoms. The zero-order valence-electron chi connectivity index (χ0n) is 8.81. The molecule has 5 nitrogen and oxygen atoms in total. The lowest BCUT2D eigenvalue weighted by Gasteiger charge is -2.09. The van der Waals surface area contributed by atoms with Gasteiger partial charge in [0.2, 0.25) is 0 Å². The molecule has 1 aromatic rings. The van der Waals surface area contributed by atoms with E-state index in [1.165, 1.54) is 0 Å². The van der Waals surface area contributed by atoms with Crippen LogP contribution in [0.5, 0.6) is 5.75 Å². The van der Waals surface area contributed by atoms with Gasteiger partial charge in [-0.1, -0.05) is 6.58 Å². The number of benzene rings is 1. The second kappa shape index (κ2) is 5.65. The lowest BCUT2D eigenvalue weighted by atomic mass is 10.2. The van der Waals surface area contributed by atoms with E-state index in [4.69, 9.17) is 20.9 Å². The summed E-state index contributed by atoms with van der Waals surface area (Å²) < 4.78 is 10.0. The summed E-state index contributed by atoms with van der Waals surface area (Å²) in [5.41, 5.74) is 12.2. The van der Waals surface area contributed by atoms with Crippen LogP contribution in [0.15, 0.2) is 30.9 Å². The van der Waals surface area contributed by atoms with Gasteiger partial charge >= 0.3 is 5.97 Å². The van der Waals surface area contributed by atoms with E-state index >= 15 is 0 Å². The minimum absolute atomic E-state index is 0.147. The number of ether oxygens (including phenoxy) is 2. The van der Waals surface area contributed by atoms with E-state index < -0.39 is 5.97 Å². The van der Waals surface area contributed by atoms with Crippen molar-refractivity contribution < 1.29 is 14.3 Å². The van der Waals surface area contributed by atoms with Crippen LogP contribution < -0.4 is 16.2 Å². The van der Waals surface area contributed by atoms with Gasteiger partial charge in [0.05, 0.1) is 5.69 Å². The summed E-state index contributed by atoms with van der Waals surface area (Å²) in [6.45, 7) is 3.65. The van der Waals surface area contributed by atoms with E-state index in [2.05, 4.69) is 6.58 Å². The van der Waals surface area contributed by atoms with Crippen molar-refractivity contribution in [2.45, 2.75) is 0 Å². The van der Waals surface area contributed by atoms with Crippen molar-refractivity contribution in [3.63, 3.8) is 0 Å². The largest absolute Gasteiger partial charge is 0.488 e. The first-order valence-electron chi connectivity index (χ1n) is 4.70. The maximum atomic E-state index is 10.7. The molecule has 1 aromatic carbocycles. The lowest BCUT2D eigenvalue weighted by Crippen LogP contribution is -2.10. The Balaban J connectivity index is 2.37. The summed E-state index contributed by atoms with van der Waals surface area (Å²) in [6.07, 6.45) is 1.09. The quantitative estimate of drug-likeness (QED) is 0.335. The van der Waals surface area contributed by atoms with Gasteiger partial charge in [0, 0.05) is 11.8 Å². The van der Waals surface area contributed by atoms with Gasteiger partial charge in [0.1, 0.15) is 19.0 Å². The molecule has 86 valence electrons. The molecule has 0 aliphatic rings. The van der Waals surface area contributed by atoms with E-state index in [-0.39, 0.29) is 13.2 Å². The molecule has 0 aromatic heterocycles. The molecule has 0 saturated heterocycles. The summed E-state index contributed by atoms with van der Waals surface area (Å²) in [5.74, 6) is 0.0396. The molecule has 0 aliphatic heterocycles. The zero-order chi connectivity index (χ0) is 12.0. The second-order valence-corrected chi connectivity index (χ2v) is 3.02. The molecule has 5 heteroatoms. The highest BCUT2D eigenvalue weighted by Gasteiger charge is 2.01. The normalized spacial score (nSPS) is 9.50. The fourth-order valence-corrected chi connectivity index (χ4v) is 1.05. The molecule has 0 fully saturated rings. The number of nitrogen functional groups attached to an aromatic ring is 2. The fraction of sp³-hybridized carbons (Fsp3) is 0.182. The van der Waals surface area contributed by atoms with Gasteiger partial charge < -0.3 is 20.9 Å². The summed E-state index contributed by atoms with van der Waals surface area (Å²) in [5, 5.41) is 0. The molecule has 0 heterocycles. The SMILES string of the molecule is C=CC(=O)OCCOc1ccc(N)cc1N. The molecule has 4 N–H and O–H groups in total. The van der Waals surface area contributed by atoms with Crippen LogP contribution in [0.3, 0.4) is 0 Å². The Labute approximate surface area is 93.6 Å². The van der Waals surface area contributed by atoms with E-state index in [1.807, 2.05) is 0 Å². The van der Waals surface area contributed by atoms with Crippen LogP contribution in [-0.4, -0.2) is 19.2 Å². The van der Waals surface area contributed by atoms with Gasteiger partial charge in [-0.15, -0.1) is 0 Å². The first-order chi connectivity index (χ1) is 7.63. The van der Waals surface area contributed by atoms with Gasteiger partial charge in [-0.3, -0.25) is 0 Å². The van der Waals surface area contributed by atoms with Crippen LogP contribution in [0.1, 0.15) is 0 Å². The van der Waals surface area contributed by atoms with Gasteiger partial charge in [0.25, 0.3) is 0 Å². The Morgan fingerprint density at radius 3 is 2.75 bits per heavy atom. The number of hydrogen-bond donors (Lipinski definition) is 2. The number of hydrogen-bond acceptors (Lipinski definition) is 5. The number of nitrogens with two attached hydrogens (primary N) is 2. The highest BCUT2D eigenvalue weighted by molar-refractivity contribution is 5.81. The Hall–Kier alpha value is -2.17. The van der Waals surface area contributed by atoms with Gasteiger partial charge in [-0.25, -0.2) is 4.79 Å². The average molecular weight is 222 g/mol. The van der Waals surface area contributed by atoms with E-state index in [0.29, 0.717) is 17.1 Å². The fourth-order valence-electron chi connectivity index (χ4n) is 1.05. The third kappa shape index (κ3) is 3.53. The van der Waals surface area contributed by atoms with Gasteiger partial charge in [0.15, 0.2) is 0 Å². The molecule has 0 saturated carbocycles. The number of esters is 1. The van der Waals surface area contributed by atoms with Crippen molar-refractivity contribution in [2.75, 3.05) is 24.7 Å². The highest BCUT2D eigenvalue weighted by atomic mass is 16.6. The van der Waals surface area contributed by atoms with E-state index in [9.17, 15) is 4.79 Å². The predicted octanol–water partition coefficient (Wildman–Crippen LogP) is 0.959. The second-order valence-electron chi connectivity index (χ2n) is 3.02. The lowest BCUT2D eigenvalue weighted by molar-refractivity contribution is -0.138. The number of carbonyl (C=O) groups excluding carboxylic acids is 1. The minimum atomic E-state index is -0.478. The molecular weight excluding hydrogens is 208 g/mol. The van der Waals surface area contributed by atoms with Crippen LogP contribution >= 0.6 is 0 Å². The Morgan fingerprint density at radius 1 is 1.38 bits per heavy atom. The maximum absolute atomic E-state index is 10.7. The molecule has 0 atom stereocenters. The maximum Gasteiger partial charge on any atom is 0.330 e. The standard InChI is InChI=1S/C11H14N2O3/c1-2-11(14)16-6-5-15-10-4-3-8(12)7-9(10)13/h2-4,7H,1,5-6,12-13H2. The Morgan fingerprint density at radius 2 is 2.12 bits per heavy atom. The molecule has 0 unspecified atom stereocenters. The predicted molar refractivity (Wildman–Crippen MR) is 61.9 cm³/mol. The van der Waals surface area contributed by atoms with Crippen molar-refractivity contribution in [3.05, 3.63) is 30.9 Å². The smallest absolute Gasteiger partial charge is 0.330 e. The Kier molecular flexibility index (Phi) is 4.20. The molecule has 0 amide bonds. The molecule has 0 radical (unpaired) electrons. The summed E-state index contributed by atoms with van der Waals surface area (Å²) in [4.78, 5) is 10.7. The van der Waals surface area contributed by atoms with Crippen molar-refractivity contribution in [3.8, 4) is 5.75 Å². The molecule has 0 bridgehead atoms. The summed E-state index contributed by atoms with van der Waals surface area (Å²) >= 11 is 0. The topological polar surface area (TPSA) is 87.6 Å². The average Bonchev–Trinajstić information content (AvgIpc) is 2.26. The van der Waals surface area contributed by atoms with Crippen molar-refractivity contribution in [2.24, 2.45) is 0 Å². The molecular formula is C11H14N2O3. The third-order valence-corrected chi connectivity index (χ3v) is 1.79. The number of carbonyl (C=O) groups is 1. The summed E-state index contributed by atoms with van der Waals surface area (Å²) in [6, 6.07) is 4.95. The minimum Gasteiger partial charge on any atom is -0.488 e. The number of rotatable bonds is 5. The Bertz CT molecular complexity index is 391. The molecule has 1 rings (SSSR count). The van der Waals surface area contributed by atoms with Crippen molar-refractivity contribution in [1.29, 1.82) is 0 Å². The van der Waals surface area contributed by atoms with Crippen LogP contribution in [-0.2, 0) is 9.53 Å². The van der Waals surface area contributed by atoms with Crippen LogP contribution in [0.25, 0.3) is 0 Å². The third-order valence-electron chi connectivity index (χ3n) is 1.79. The molecule has 0 spiro atoms. The van der Waals surface area contributed by atoms with Crippen LogP contribution in [0.4, 0.5) is 11.4 Å². The van der Waals surface area contributed by atoms with Crippen molar-refractivity contribution >= 4 is 17.3 Å². The first-order valence-corrected chi connectivity index (χ1v) is 4.70.